The molecule has 0 radical (unpaired) electrons. The maximum Gasteiger partial charge on any atom is 0.356 e. The van der Waals surface area contributed by atoms with Gasteiger partial charge in [-0.2, -0.15) is 0 Å². The van der Waals surface area contributed by atoms with Crippen LogP contribution in [0.5, 0.6) is 5.75 Å². The highest BCUT2D eigenvalue weighted by molar-refractivity contribution is 7.22. The normalized spacial score (nSPS) is 11.4. The van der Waals surface area contributed by atoms with Crippen molar-refractivity contribution in [3.05, 3.63) is 81.6 Å². The quantitative estimate of drug-likeness (QED) is 0.161. The third kappa shape index (κ3) is 7.79. The number of nitrogens with zero attached hydrogens (tertiary/aromatic N) is 6. The van der Waals surface area contributed by atoms with E-state index >= 15 is 0 Å². The van der Waals surface area contributed by atoms with Crippen molar-refractivity contribution in [1.82, 2.24) is 25.1 Å². The molecular formula is C32H30FN7O3S2. The largest absolute Gasteiger partial charge is 0.486 e. The highest BCUT2D eigenvalue weighted by Gasteiger charge is 2.21. The van der Waals surface area contributed by atoms with Crippen molar-refractivity contribution in [3.63, 3.8) is 0 Å². The monoisotopic (exact) mass is 643 g/mol. The van der Waals surface area contributed by atoms with E-state index in [1.54, 1.807) is 31.0 Å². The van der Waals surface area contributed by atoms with E-state index in [2.05, 4.69) is 37.3 Å². The number of aromatic nitrogens is 4. The molecule has 5 rings (SSSR count). The minimum atomic E-state index is -1.17. The Morgan fingerprint density at radius 2 is 1.91 bits per heavy atom. The Morgan fingerprint density at radius 3 is 2.62 bits per heavy atom. The lowest BCUT2D eigenvalue weighted by molar-refractivity contribution is 0.0691. The van der Waals surface area contributed by atoms with Crippen LogP contribution in [0.1, 0.15) is 33.4 Å². The Morgan fingerprint density at radius 1 is 1.11 bits per heavy atom. The number of carboxylic acid groups (broad SMARTS) is 1. The van der Waals surface area contributed by atoms with E-state index in [1.807, 2.05) is 56.3 Å². The van der Waals surface area contributed by atoms with Crippen LogP contribution in [-0.4, -0.2) is 70.4 Å². The van der Waals surface area contributed by atoms with Crippen LogP contribution in [0, 0.1) is 24.6 Å². The van der Waals surface area contributed by atoms with Crippen molar-refractivity contribution in [2.24, 2.45) is 0 Å². The zero-order valence-corrected chi connectivity index (χ0v) is 26.9. The van der Waals surface area contributed by atoms with Gasteiger partial charge in [-0.25, -0.2) is 19.2 Å². The van der Waals surface area contributed by atoms with Gasteiger partial charge in [-0.1, -0.05) is 46.6 Å². The molecule has 45 heavy (non-hydrogen) atoms. The van der Waals surface area contributed by atoms with Gasteiger partial charge in [0.1, 0.15) is 6.61 Å². The molecule has 5 aromatic rings. The number of hydrogen-bond donors (Lipinski definition) is 2. The van der Waals surface area contributed by atoms with Gasteiger partial charge in [0.2, 0.25) is 0 Å². The lowest BCUT2D eigenvalue weighted by Crippen LogP contribution is -2.13. The summed E-state index contributed by atoms with van der Waals surface area (Å²) < 4.78 is 21.4. The van der Waals surface area contributed by atoms with E-state index in [0.29, 0.717) is 44.5 Å². The number of carboxylic acids is 1. The third-order valence-corrected chi connectivity index (χ3v) is 8.39. The summed E-state index contributed by atoms with van der Waals surface area (Å²) in [6, 6.07) is 14.3. The van der Waals surface area contributed by atoms with Crippen LogP contribution < -0.4 is 15.0 Å². The number of rotatable bonds is 10. The maximum atomic E-state index is 14.6. The van der Waals surface area contributed by atoms with E-state index in [4.69, 9.17) is 4.74 Å². The number of fused-ring (bicyclic) bond motifs is 1. The minimum absolute atomic E-state index is 0.0541. The highest BCUT2D eigenvalue weighted by atomic mass is 32.1. The van der Waals surface area contributed by atoms with Crippen molar-refractivity contribution in [3.8, 4) is 17.6 Å². The topological polar surface area (TPSA) is 117 Å². The summed E-state index contributed by atoms with van der Waals surface area (Å²) in [5, 5.41) is 22.9. The summed E-state index contributed by atoms with van der Waals surface area (Å²) in [7, 11) is 5.56. The van der Waals surface area contributed by atoms with Gasteiger partial charge < -0.3 is 20.1 Å². The molecule has 0 bridgehead atoms. The zero-order chi connectivity index (χ0) is 32.1. The molecule has 0 saturated heterocycles. The van der Waals surface area contributed by atoms with E-state index < -0.39 is 11.8 Å². The van der Waals surface area contributed by atoms with Gasteiger partial charge in [0, 0.05) is 12.6 Å². The molecule has 3 heterocycles. The number of aryl methyl sites for hydroxylation is 1. The minimum Gasteiger partial charge on any atom is -0.486 e. The van der Waals surface area contributed by atoms with Crippen LogP contribution in [0.2, 0.25) is 0 Å². The smallest absolute Gasteiger partial charge is 0.356 e. The Hall–Kier alpha value is -4.90. The average molecular weight is 644 g/mol. The molecule has 0 aliphatic heterocycles. The summed E-state index contributed by atoms with van der Waals surface area (Å²) >= 11 is 2.71. The van der Waals surface area contributed by atoms with Crippen molar-refractivity contribution in [2.75, 3.05) is 44.5 Å². The summed E-state index contributed by atoms with van der Waals surface area (Å²) in [4.78, 5) is 25.0. The number of halogens is 1. The fourth-order valence-electron chi connectivity index (χ4n) is 4.05. The first-order valence-corrected chi connectivity index (χ1v) is 15.4. The Kier molecular flexibility index (Phi) is 9.68. The van der Waals surface area contributed by atoms with Gasteiger partial charge >= 0.3 is 5.97 Å². The molecule has 0 aliphatic rings. The number of ether oxygens (including phenoxy) is 1. The van der Waals surface area contributed by atoms with Crippen molar-refractivity contribution in [1.29, 1.82) is 0 Å². The second-order valence-electron chi connectivity index (χ2n) is 10.4. The summed E-state index contributed by atoms with van der Waals surface area (Å²) in [5.74, 6) is 5.35. The first-order valence-electron chi connectivity index (χ1n) is 13.7. The number of nitrogens with one attached hydrogen (secondary N) is 1. The van der Waals surface area contributed by atoms with Crippen LogP contribution in [0.4, 0.5) is 26.3 Å². The molecule has 0 fully saturated rings. The SMILES string of the molecule is C/C(=C\c1sc(N(C)c2cc(C)c(Nc3nc4ccccc4s3)nn2)nc1C(=O)O)COc1ccc(C#CCN(C)C)cc1F. The number of benzene rings is 2. The molecule has 10 nitrogen and oxygen atoms in total. The van der Waals surface area contributed by atoms with Gasteiger partial charge in [-0.05, 0) is 81.6 Å². The van der Waals surface area contributed by atoms with Gasteiger partial charge in [-0.15, -0.1) is 10.2 Å². The second-order valence-corrected chi connectivity index (χ2v) is 12.4. The Bertz CT molecular complexity index is 1930. The van der Waals surface area contributed by atoms with Gasteiger partial charge in [-0.3, -0.25) is 4.90 Å². The molecule has 0 amide bonds. The van der Waals surface area contributed by atoms with Crippen LogP contribution in [0.25, 0.3) is 16.3 Å². The number of carbonyl (C=O) groups is 1. The maximum absolute atomic E-state index is 14.6. The van der Waals surface area contributed by atoms with Crippen LogP contribution in [0.3, 0.4) is 0 Å². The number of aromatic carboxylic acids is 1. The number of anilines is 4. The zero-order valence-electron chi connectivity index (χ0n) is 25.3. The molecule has 3 aromatic heterocycles. The Balaban J connectivity index is 1.28. The Labute approximate surface area is 267 Å². The predicted octanol–water partition coefficient (Wildman–Crippen LogP) is 6.60. The highest BCUT2D eigenvalue weighted by Crippen LogP contribution is 2.33. The standard InChI is InChI=1S/C32H30FN7O3S2/c1-19(18-43-24-13-12-21(17-22(24)33)9-8-14-39(3)4)15-26-28(30(41)42)35-32(45-26)40(5)27-16-20(2)29(38-37-27)36-31-34-23-10-6-7-11-25(23)44-31/h6-7,10-13,15-17H,14,18H2,1-5H3,(H,41,42)(H,34,36,38)/b19-15+. The average Bonchev–Trinajstić information content (AvgIpc) is 3.61. The van der Waals surface area contributed by atoms with Crippen LogP contribution in [0.15, 0.2) is 54.1 Å². The van der Waals surface area contributed by atoms with E-state index in [-0.39, 0.29) is 18.1 Å². The van der Waals surface area contributed by atoms with E-state index in [1.165, 1.54) is 34.8 Å². The van der Waals surface area contributed by atoms with Crippen LogP contribution in [-0.2, 0) is 0 Å². The van der Waals surface area contributed by atoms with Gasteiger partial charge in [0.15, 0.2) is 39.2 Å². The fraction of sp³-hybridized carbons (Fsp3) is 0.219. The lowest BCUT2D eigenvalue weighted by Gasteiger charge is -2.15. The molecule has 0 saturated carbocycles. The van der Waals surface area contributed by atoms with Crippen LogP contribution >= 0.6 is 22.7 Å². The second kappa shape index (κ2) is 13.8. The molecule has 230 valence electrons. The summed E-state index contributed by atoms with van der Waals surface area (Å²) in [6.45, 7) is 4.30. The lowest BCUT2D eigenvalue weighted by atomic mass is 10.2. The molecule has 0 unspecified atom stereocenters. The first-order chi connectivity index (χ1) is 21.6. The predicted molar refractivity (Wildman–Crippen MR) is 178 cm³/mol. The van der Waals surface area contributed by atoms with Crippen molar-refractivity contribution in [2.45, 2.75) is 13.8 Å². The summed E-state index contributed by atoms with van der Waals surface area (Å²) in [6.07, 6.45) is 1.68. The molecule has 0 atom stereocenters. The molecule has 2 aromatic carbocycles. The third-order valence-electron chi connectivity index (χ3n) is 6.36. The van der Waals surface area contributed by atoms with E-state index in [0.717, 1.165) is 15.8 Å². The van der Waals surface area contributed by atoms with Crippen molar-refractivity contribution < 1.29 is 19.0 Å². The molecular weight excluding hydrogens is 614 g/mol. The molecule has 0 aliphatic carbocycles. The first kappa shape index (κ1) is 31.5. The van der Waals surface area contributed by atoms with Gasteiger partial charge in [0.05, 0.1) is 21.6 Å². The van der Waals surface area contributed by atoms with E-state index in [9.17, 15) is 14.3 Å². The number of thiazole rings is 2. The van der Waals surface area contributed by atoms with Crippen molar-refractivity contribution >= 4 is 66.8 Å². The number of para-hydroxylation sites is 1. The fourth-order valence-corrected chi connectivity index (χ4v) is 5.97. The summed E-state index contributed by atoms with van der Waals surface area (Å²) in [5.41, 5.74) is 2.87. The number of hydrogen-bond acceptors (Lipinski definition) is 11. The molecule has 2 N–H and O–H groups in total. The molecule has 13 heteroatoms. The van der Waals surface area contributed by atoms with Gasteiger partial charge in [0.25, 0.3) is 0 Å². The molecule has 0 spiro atoms.